The van der Waals surface area contributed by atoms with Crippen LogP contribution in [0.15, 0.2) is 9.64 Å². The zero-order chi connectivity index (χ0) is 14.7. The van der Waals surface area contributed by atoms with E-state index in [1.165, 1.54) is 7.11 Å². The molecule has 8 heteroatoms. The molecule has 0 bridgehead atoms. The summed E-state index contributed by atoms with van der Waals surface area (Å²) in [6.45, 7) is 6.67. The van der Waals surface area contributed by atoms with Crippen molar-refractivity contribution in [2.75, 3.05) is 12.9 Å². The van der Waals surface area contributed by atoms with Gasteiger partial charge in [0.15, 0.2) is 0 Å². The largest absolute Gasteiger partial charge is 0.468 e. The summed E-state index contributed by atoms with van der Waals surface area (Å²) in [6, 6.07) is 0. The van der Waals surface area contributed by atoms with Crippen LogP contribution in [0, 0.1) is 13.8 Å². The number of ether oxygens (including phenoxy) is 1. The topological polar surface area (TPSA) is 83.0 Å². The Balaban J connectivity index is 2.20. The molecule has 0 saturated carbocycles. The lowest BCUT2D eigenvalue weighted by molar-refractivity contribution is -0.137. The summed E-state index contributed by atoms with van der Waals surface area (Å²) in [7, 11) is 1.34. The molecule has 108 valence electrons. The molecule has 0 aliphatic carbocycles. The number of carbonyl (C=O) groups excluding carboxylic acids is 1. The summed E-state index contributed by atoms with van der Waals surface area (Å²) in [5, 5.41) is 12.7. The van der Waals surface area contributed by atoms with E-state index in [-0.39, 0.29) is 11.7 Å². The molecular weight excluding hydrogens is 280 g/mol. The summed E-state index contributed by atoms with van der Waals surface area (Å²) in [5.74, 6) is 0.234. The fourth-order valence-electron chi connectivity index (χ4n) is 1.86. The van der Waals surface area contributed by atoms with E-state index < -0.39 is 0 Å². The van der Waals surface area contributed by atoms with Gasteiger partial charge in [-0.1, -0.05) is 11.8 Å². The Bertz CT molecular complexity index is 620. The normalized spacial score (nSPS) is 10.8. The van der Waals surface area contributed by atoms with Gasteiger partial charge < -0.3 is 9.15 Å². The molecule has 0 spiro atoms. The molecule has 0 aliphatic rings. The first-order valence-electron chi connectivity index (χ1n) is 6.14. The Labute approximate surface area is 120 Å². The van der Waals surface area contributed by atoms with Gasteiger partial charge >= 0.3 is 5.97 Å². The Morgan fingerprint density at radius 1 is 1.40 bits per heavy atom. The lowest BCUT2D eigenvalue weighted by Gasteiger charge is -1.98. The number of thioether (sulfide) groups is 1. The minimum absolute atomic E-state index is 0.143. The van der Waals surface area contributed by atoms with Gasteiger partial charge in [0.05, 0.1) is 18.4 Å². The van der Waals surface area contributed by atoms with Gasteiger partial charge in [0.25, 0.3) is 11.1 Å². The van der Waals surface area contributed by atoms with Gasteiger partial charge in [0.2, 0.25) is 0 Å². The highest BCUT2D eigenvalue weighted by molar-refractivity contribution is 7.99. The SMILES string of the molecule is CCn1nc(C)c(-c2nnc(SCC(=O)OC)o2)c1C. The number of rotatable bonds is 5. The van der Waals surface area contributed by atoms with E-state index >= 15 is 0 Å². The molecule has 0 atom stereocenters. The van der Waals surface area contributed by atoms with Crippen LogP contribution in [0.5, 0.6) is 0 Å². The van der Waals surface area contributed by atoms with Crippen LogP contribution in [-0.2, 0) is 16.1 Å². The first kappa shape index (κ1) is 14.6. The summed E-state index contributed by atoms with van der Waals surface area (Å²) in [4.78, 5) is 11.1. The fourth-order valence-corrected chi connectivity index (χ4v) is 2.46. The molecule has 2 aromatic heterocycles. The quantitative estimate of drug-likeness (QED) is 0.615. The van der Waals surface area contributed by atoms with Gasteiger partial charge in [-0.25, -0.2) is 0 Å². The highest BCUT2D eigenvalue weighted by Crippen LogP contribution is 2.28. The van der Waals surface area contributed by atoms with Crippen molar-refractivity contribution < 1.29 is 13.9 Å². The van der Waals surface area contributed by atoms with Crippen molar-refractivity contribution in [1.82, 2.24) is 20.0 Å². The number of nitrogens with zero attached hydrogens (tertiary/aromatic N) is 4. The van der Waals surface area contributed by atoms with Crippen LogP contribution in [0.1, 0.15) is 18.3 Å². The van der Waals surface area contributed by atoms with Gasteiger partial charge in [-0.3, -0.25) is 9.48 Å². The average Bonchev–Trinajstić information content (AvgIpc) is 3.00. The van der Waals surface area contributed by atoms with E-state index in [0.717, 1.165) is 35.3 Å². The maximum atomic E-state index is 11.1. The Kier molecular flexibility index (Phi) is 4.43. The van der Waals surface area contributed by atoms with E-state index in [4.69, 9.17) is 4.42 Å². The molecule has 2 aromatic rings. The second-order valence-corrected chi connectivity index (χ2v) is 5.03. The second kappa shape index (κ2) is 6.08. The molecule has 0 unspecified atom stereocenters. The Hall–Kier alpha value is -1.83. The van der Waals surface area contributed by atoms with Gasteiger partial charge in [0, 0.05) is 12.2 Å². The number of methoxy groups -OCH3 is 1. The number of carbonyl (C=O) groups is 1. The van der Waals surface area contributed by atoms with Crippen molar-refractivity contribution in [3.8, 4) is 11.5 Å². The molecule has 0 radical (unpaired) electrons. The van der Waals surface area contributed by atoms with Crippen molar-refractivity contribution >= 4 is 17.7 Å². The number of hydrogen-bond donors (Lipinski definition) is 0. The van der Waals surface area contributed by atoms with E-state index in [9.17, 15) is 4.79 Å². The molecule has 2 rings (SSSR count). The van der Waals surface area contributed by atoms with Crippen molar-refractivity contribution in [3.05, 3.63) is 11.4 Å². The van der Waals surface area contributed by atoms with Crippen LogP contribution < -0.4 is 0 Å². The molecule has 0 N–H and O–H groups in total. The van der Waals surface area contributed by atoms with E-state index in [1.807, 2.05) is 25.5 Å². The monoisotopic (exact) mass is 296 g/mol. The lowest BCUT2D eigenvalue weighted by atomic mass is 10.2. The highest BCUT2D eigenvalue weighted by atomic mass is 32.2. The second-order valence-electron chi connectivity index (χ2n) is 4.10. The molecule has 20 heavy (non-hydrogen) atoms. The third-order valence-electron chi connectivity index (χ3n) is 2.84. The molecule has 7 nitrogen and oxygen atoms in total. The fraction of sp³-hybridized carbons (Fsp3) is 0.500. The van der Waals surface area contributed by atoms with Crippen LogP contribution in [0.2, 0.25) is 0 Å². The molecule has 0 aliphatic heterocycles. The third kappa shape index (κ3) is 2.84. The van der Waals surface area contributed by atoms with E-state index in [1.54, 1.807) is 0 Å². The maximum absolute atomic E-state index is 11.1. The number of esters is 1. The molecule has 2 heterocycles. The van der Waals surface area contributed by atoms with Crippen LogP contribution in [0.3, 0.4) is 0 Å². The molecule has 0 aromatic carbocycles. The standard InChI is InChI=1S/C12H16N4O3S/c1-5-16-8(3)10(7(2)15-16)11-13-14-12(19-11)20-6-9(17)18-4/h5-6H2,1-4H3. The van der Waals surface area contributed by atoms with Gasteiger partial charge in [-0.05, 0) is 20.8 Å². The minimum Gasteiger partial charge on any atom is -0.468 e. The number of aryl methyl sites for hydroxylation is 2. The number of aromatic nitrogens is 4. The van der Waals surface area contributed by atoms with Crippen molar-refractivity contribution in [2.45, 2.75) is 32.5 Å². The molecule has 0 amide bonds. The zero-order valence-electron chi connectivity index (χ0n) is 11.8. The van der Waals surface area contributed by atoms with Crippen molar-refractivity contribution in [3.63, 3.8) is 0 Å². The summed E-state index contributed by atoms with van der Waals surface area (Å²) < 4.78 is 12.0. The number of hydrogen-bond acceptors (Lipinski definition) is 7. The van der Waals surface area contributed by atoms with Gasteiger partial charge in [-0.2, -0.15) is 5.10 Å². The molecular formula is C12H16N4O3S. The summed E-state index contributed by atoms with van der Waals surface area (Å²) >= 11 is 1.15. The first-order chi connectivity index (χ1) is 9.56. The summed E-state index contributed by atoms with van der Waals surface area (Å²) in [5.41, 5.74) is 2.68. The third-order valence-corrected chi connectivity index (χ3v) is 3.63. The Morgan fingerprint density at radius 3 is 2.75 bits per heavy atom. The zero-order valence-corrected chi connectivity index (χ0v) is 12.7. The van der Waals surface area contributed by atoms with Crippen molar-refractivity contribution in [1.29, 1.82) is 0 Å². The van der Waals surface area contributed by atoms with E-state index in [0.29, 0.717) is 11.1 Å². The van der Waals surface area contributed by atoms with Crippen LogP contribution in [0.4, 0.5) is 0 Å². The highest BCUT2D eigenvalue weighted by Gasteiger charge is 2.19. The van der Waals surface area contributed by atoms with Crippen molar-refractivity contribution in [2.24, 2.45) is 0 Å². The lowest BCUT2D eigenvalue weighted by Crippen LogP contribution is -2.02. The van der Waals surface area contributed by atoms with Gasteiger partial charge in [-0.15, -0.1) is 10.2 Å². The first-order valence-corrected chi connectivity index (χ1v) is 7.12. The van der Waals surface area contributed by atoms with Crippen LogP contribution in [0.25, 0.3) is 11.5 Å². The predicted molar refractivity (Wildman–Crippen MR) is 73.4 cm³/mol. The van der Waals surface area contributed by atoms with Gasteiger partial charge in [0.1, 0.15) is 5.75 Å². The molecule has 0 fully saturated rings. The molecule has 0 saturated heterocycles. The van der Waals surface area contributed by atoms with Crippen LogP contribution in [-0.4, -0.2) is 38.8 Å². The van der Waals surface area contributed by atoms with Crippen LogP contribution >= 0.6 is 11.8 Å². The predicted octanol–water partition coefficient (Wildman–Crippen LogP) is 1.83. The van der Waals surface area contributed by atoms with E-state index in [2.05, 4.69) is 20.0 Å². The average molecular weight is 296 g/mol. The smallest absolute Gasteiger partial charge is 0.316 e. The maximum Gasteiger partial charge on any atom is 0.316 e. The summed E-state index contributed by atoms with van der Waals surface area (Å²) in [6.07, 6.45) is 0. The Morgan fingerprint density at radius 2 is 2.15 bits per heavy atom. The minimum atomic E-state index is -0.332.